The number of rotatable bonds is 6. The minimum atomic E-state index is -0.289. The molecule has 2 heterocycles. The number of fused-ring (bicyclic) bond motifs is 1. The van der Waals surface area contributed by atoms with Crippen LogP contribution in [-0.4, -0.2) is 19.6 Å². The molecule has 0 amide bonds. The van der Waals surface area contributed by atoms with Crippen molar-refractivity contribution in [3.63, 3.8) is 0 Å². The van der Waals surface area contributed by atoms with E-state index in [0.29, 0.717) is 29.8 Å². The maximum atomic E-state index is 13.0. The third kappa shape index (κ3) is 4.12. The molecule has 0 aliphatic heterocycles. The van der Waals surface area contributed by atoms with Gasteiger partial charge in [-0.3, -0.25) is 9.89 Å². The van der Waals surface area contributed by atoms with Gasteiger partial charge >= 0.3 is 0 Å². The van der Waals surface area contributed by atoms with Gasteiger partial charge in [0, 0.05) is 23.3 Å². The molecule has 0 unspecified atom stereocenters. The summed E-state index contributed by atoms with van der Waals surface area (Å²) >= 11 is 5.87. The first-order valence-electron chi connectivity index (χ1n) is 8.53. The van der Waals surface area contributed by atoms with E-state index in [2.05, 4.69) is 25.7 Å². The van der Waals surface area contributed by atoms with E-state index in [1.165, 1.54) is 22.7 Å². The lowest BCUT2D eigenvalue weighted by atomic mass is 10.2. The highest BCUT2D eigenvalue weighted by atomic mass is 35.5. The van der Waals surface area contributed by atoms with Crippen molar-refractivity contribution in [1.82, 2.24) is 19.6 Å². The van der Waals surface area contributed by atoms with Crippen LogP contribution in [0, 0.1) is 5.82 Å². The van der Waals surface area contributed by atoms with Crippen molar-refractivity contribution < 1.29 is 4.39 Å². The maximum Gasteiger partial charge on any atom is 0.274 e. The smallest absolute Gasteiger partial charge is 0.274 e. The van der Waals surface area contributed by atoms with Crippen LogP contribution < -0.4 is 16.2 Å². The molecule has 9 heteroatoms. The van der Waals surface area contributed by atoms with Crippen LogP contribution in [0.4, 0.5) is 16.0 Å². The van der Waals surface area contributed by atoms with Gasteiger partial charge in [-0.05, 0) is 42.0 Å². The number of H-pyrrole nitrogens is 1. The maximum absolute atomic E-state index is 13.0. The molecule has 3 N–H and O–H groups in total. The molecular formula is C19H16ClFN6O. The Bertz CT molecular complexity index is 1150. The molecule has 0 bridgehead atoms. The van der Waals surface area contributed by atoms with Crippen molar-refractivity contribution in [3.05, 3.63) is 87.0 Å². The number of hydrogen-bond donors (Lipinski definition) is 3. The zero-order chi connectivity index (χ0) is 19.5. The highest BCUT2D eigenvalue weighted by Crippen LogP contribution is 2.14. The molecule has 2 aromatic heterocycles. The molecule has 0 saturated heterocycles. The number of anilines is 2. The highest BCUT2D eigenvalue weighted by molar-refractivity contribution is 6.30. The number of nitrogens with one attached hydrogen (secondary N) is 3. The van der Waals surface area contributed by atoms with E-state index in [1.54, 1.807) is 24.3 Å². The van der Waals surface area contributed by atoms with Gasteiger partial charge in [0.05, 0.1) is 12.2 Å². The Kier molecular flexibility index (Phi) is 4.94. The van der Waals surface area contributed by atoms with Crippen LogP contribution in [0.15, 0.2) is 59.4 Å². The van der Waals surface area contributed by atoms with Crippen LogP contribution in [0.25, 0.3) is 5.78 Å². The highest BCUT2D eigenvalue weighted by Gasteiger charge is 2.08. The summed E-state index contributed by atoms with van der Waals surface area (Å²) in [6, 6.07) is 14.8. The number of nitrogens with zero attached hydrogens (tertiary/aromatic N) is 3. The second-order valence-electron chi connectivity index (χ2n) is 6.13. The Morgan fingerprint density at radius 1 is 1.00 bits per heavy atom. The molecule has 0 aliphatic carbocycles. The van der Waals surface area contributed by atoms with Crippen LogP contribution in [-0.2, 0) is 13.1 Å². The summed E-state index contributed by atoms with van der Waals surface area (Å²) in [6.07, 6.45) is 0. The van der Waals surface area contributed by atoms with Crippen molar-refractivity contribution >= 4 is 29.0 Å². The lowest BCUT2D eigenvalue weighted by molar-refractivity contribution is 0.627. The molecular weight excluding hydrogens is 383 g/mol. The molecule has 4 aromatic rings. The Hall–Kier alpha value is -3.39. The van der Waals surface area contributed by atoms with E-state index in [9.17, 15) is 9.18 Å². The lowest BCUT2D eigenvalue weighted by Gasteiger charge is -2.05. The van der Waals surface area contributed by atoms with Gasteiger partial charge in [0.25, 0.3) is 11.3 Å². The van der Waals surface area contributed by atoms with Crippen LogP contribution in [0.5, 0.6) is 0 Å². The molecule has 0 saturated carbocycles. The quantitative estimate of drug-likeness (QED) is 0.463. The Morgan fingerprint density at radius 3 is 2.50 bits per heavy atom. The Labute approximate surface area is 164 Å². The van der Waals surface area contributed by atoms with Gasteiger partial charge in [0.15, 0.2) is 0 Å². The summed E-state index contributed by atoms with van der Waals surface area (Å²) < 4.78 is 14.2. The first-order valence-corrected chi connectivity index (χ1v) is 8.91. The fraction of sp³-hybridized carbons (Fsp3) is 0.105. The lowest BCUT2D eigenvalue weighted by Crippen LogP contribution is -2.17. The minimum absolute atomic E-state index is 0.264. The monoisotopic (exact) mass is 398 g/mol. The molecule has 4 rings (SSSR count). The first kappa shape index (κ1) is 18.0. The average molecular weight is 399 g/mol. The molecule has 0 spiro atoms. The summed E-state index contributed by atoms with van der Waals surface area (Å²) in [5, 5.41) is 9.76. The SMILES string of the molecule is O=c1cc(CNc2ccc(Cl)cc2)nc2nc(NCc3ccc(F)cc3)[nH]n12. The number of benzene rings is 2. The van der Waals surface area contributed by atoms with E-state index in [0.717, 1.165) is 11.3 Å². The van der Waals surface area contributed by atoms with Gasteiger partial charge < -0.3 is 10.6 Å². The van der Waals surface area contributed by atoms with E-state index in [1.807, 2.05) is 12.1 Å². The topological polar surface area (TPSA) is 87.1 Å². The van der Waals surface area contributed by atoms with Crippen LogP contribution in [0.3, 0.4) is 0 Å². The van der Waals surface area contributed by atoms with E-state index >= 15 is 0 Å². The number of halogens is 2. The summed E-state index contributed by atoms with van der Waals surface area (Å²) in [5.74, 6) is 0.377. The molecule has 0 aliphatic rings. The van der Waals surface area contributed by atoms with Crippen LogP contribution >= 0.6 is 11.6 Å². The predicted molar refractivity (Wildman–Crippen MR) is 106 cm³/mol. The fourth-order valence-electron chi connectivity index (χ4n) is 2.65. The van der Waals surface area contributed by atoms with E-state index < -0.39 is 0 Å². The largest absolute Gasteiger partial charge is 0.379 e. The zero-order valence-corrected chi connectivity index (χ0v) is 15.4. The summed E-state index contributed by atoms with van der Waals surface area (Å²) in [7, 11) is 0. The summed E-state index contributed by atoms with van der Waals surface area (Å²) in [4.78, 5) is 21.0. The fourth-order valence-corrected chi connectivity index (χ4v) is 2.77. The van der Waals surface area contributed by atoms with Gasteiger partial charge in [-0.25, -0.2) is 9.37 Å². The normalized spacial score (nSPS) is 10.9. The van der Waals surface area contributed by atoms with Crippen LogP contribution in [0.2, 0.25) is 5.02 Å². The third-order valence-corrected chi connectivity index (χ3v) is 4.33. The van der Waals surface area contributed by atoms with E-state index in [4.69, 9.17) is 11.6 Å². The molecule has 0 fully saturated rings. The van der Waals surface area contributed by atoms with Gasteiger partial charge in [0.1, 0.15) is 5.82 Å². The first-order chi connectivity index (χ1) is 13.6. The second kappa shape index (κ2) is 7.69. The molecule has 0 radical (unpaired) electrons. The molecule has 28 heavy (non-hydrogen) atoms. The van der Waals surface area contributed by atoms with Gasteiger partial charge in [0.2, 0.25) is 5.95 Å². The number of aromatic amines is 1. The van der Waals surface area contributed by atoms with Gasteiger partial charge in [-0.15, -0.1) is 0 Å². The Morgan fingerprint density at radius 2 is 1.75 bits per heavy atom. The molecule has 0 atom stereocenters. The van der Waals surface area contributed by atoms with Crippen molar-refractivity contribution in [2.45, 2.75) is 13.1 Å². The second-order valence-corrected chi connectivity index (χ2v) is 6.57. The third-order valence-electron chi connectivity index (χ3n) is 4.07. The minimum Gasteiger partial charge on any atom is -0.379 e. The van der Waals surface area contributed by atoms with Crippen molar-refractivity contribution in [1.29, 1.82) is 0 Å². The number of aromatic nitrogens is 4. The van der Waals surface area contributed by atoms with Gasteiger partial charge in [-0.1, -0.05) is 23.7 Å². The van der Waals surface area contributed by atoms with Crippen LogP contribution in [0.1, 0.15) is 11.3 Å². The molecule has 2 aromatic carbocycles. The average Bonchev–Trinajstić information content (AvgIpc) is 3.11. The summed E-state index contributed by atoms with van der Waals surface area (Å²) in [6.45, 7) is 0.804. The standard InChI is InChI=1S/C19H16ClFN6O/c20-13-3-7-15(8-4-13)22-11-16-9-17(28)27-19(24-16)25-18(26-27)23-10-12-1-5-14(21)6-2-12/h1-9,22H,10-11H2,(H2,23,24,25,26). The Balaban J connectivity index is 1.47. The predicted octanol–water partition coefficient (Wildman–Crippen LogP) is 3.43. The van der Waals surface area contributed by atoms with Crippen molar-refractivity contribution in [2.24, 2.45) is 0 Å². The molecule has 142 valence electrons. The zero-order valence-electron chi connectivity index (χ0n) is 14.6. The van der Waals surface area contributed by atoms with Gasteiger partial charge in [-0.2, -0.15) is 9.50 Å². The van der Waals surface area contributed by atoms with E-state index in [-0.39, 0.29) is 17.2 Å². The summed E-state index contributed by atoms with van der Waals surface area (Å²) in [5.41, 5.74) is 2.06. The molecule has 7 nitrogen and oxygen atoms in total. The van der Waals surface area contributed by atoms with Crippen molar-refractivity contribution in [3.8, 4) is 0 Å². The van der Waals surface area contributed by atoms with Crippen molar-refractivity contribution in [2.75, 3.05) is 10.6 Å². The number of hydrogen-bond acceptors (Lipinski definition) is 5.